The molecule has 0 spiro atoms. The van der Waals surface area contributed by atoms with Gasteiger partial charge in [0.1, 0.15) is 5.82 Å². The van der Waals surface area contributed by atoms with Crippen LogP contribution in [0.15, 0.2) is 63.3 Å². The topological polar surface area (TPSA) is 144 Å². The summed E-state index contributed by atoms with van der Waals surface area (Å²) in [6.45, 7) is 1.96. The molecule has 12 heteroatoms. The predicted octanol–water partition coefficient (Wildman–Crippen LogP) is 2.29. The lowest BCUT2D eigenvalue weighted by Crippen LogP contribution is -2.23. The van der Waals surface area contributed by atoms with Crippen LogP contribution in [0.4, 0.5) is 5.69 Å². The Morgan fingerprint density at radius 2 is 1.83 bits per heavy atom. The lowest BCUT2D eigenvalue weighted by molar-refractivity contribution is -0.113. The summed E-state index contributed by atoms with van der Waals surface area (Å²) in [5, 5.41) is 11.9. The zero-order valence-corrected chi connectivity index (χ0v) is 20.6. The number of ether oxygens (including phenoxy) is 2. The molecule has 11 nitrogen and oxygen atoms in total. The highest BCUT2D eigenvalue weighted by Crippen LogP contribution is 2.30. The van der Waals surface area contributed by atoms with Crippen LogP contribution in [0, 0.1) is 6.92 Å². The summed E-state index contributed by atoms with van der Waals surface area (Å²) in [7, 11) is 3.06. The molecule has 2 aromatic carbocycles. The maximum Gasteiger partial charge on any atom is 0.325 e. The third-order valence-corrected chi connectivity index (χ3v) is 6.05. The van der Waals surface area contributed by atoms with Gasteiger partial charge in [-0.3, -0.25) is 19.1 Å². The number of H-pyrrole nitrogens is 2. The summed E-state index contributed by atoms with van der Waals surface area (Å²) < 4.78 is 12.3. The van der Waals surface area contributed by atoms with Crippen molar-refractivity contribution in [1.29, 1.82) is 0 Å². The van der Waals surface area contributed by atoms with Crippen LogP contribution in [-0.2, 0) is 11.2 Å². The molecule has 4 aromatic rings. The number of hydrogen-bond acceptors (Lipinski definition) is 8. The Hall–Kier alpha value is -4.32. The van der Waals surface area contributed by atoms with Crippen LogP contribution in [0.1, 0.15) is 17.1 Å². The van der Waals surface area contributed by atoms with Gasteiger partial charge in [-0.2, -0.15) is 0 Å². The van der Waals surface area contributed by atoms with E-state index >= 15 is 0 Å². The molecule has 0 radical (unpaired) electrons. The number of benzene rings is 2. The normalized spacial score (nSPS) is 10.8. The van der Waals surface area contributed by atoms with Crippen LogP contribution in [-0.4, -0.2) is 50.6 Å². The number of hydrogen-bond donors (Lipinski definition) is 3. The average Bonchev–Trinajstić information content (AvgIpc) is 3.24. The first-order chi connectivity index (χ1) is 17.4. The summed E-state index contributed by atoms with van der Waals surface area (Å²) >= 11 is 1.21. The van der Waals surface area contributed by atoms with Crippen molar-refractivity contribution in [3.8, 4) is 17.2 Å². The van der Waals surface area contributed by atoms with Crippen molar-refractivity contribution >= 4 is 23.4 Å². The van der Waals surface area contributed by atoms with E-state index in [4.69, 9.17) is 9.47 Å². The molecule has 4 rings (SSSR count). The summed E-state index contributed by atoms with van der Waals surface area (Å²) in [5.41, 5.74) is 1.69. The van der Waals surface area contributed by atoms with Gasteiger partial charge in [-0.1, -0.05) is 23.9 Å². The number of aromatic nitrogens is 5. The number of anilines is 1. The van der Waals surface area contributed by atoms with Crippen molar-refractivity contribution in [1.82, 2.24) is 24.7 Å². The van der Waals surface area contributed by atoms with E-state index in [9.17, 15) is 14.4 Å². The Morgan fingerprint density at radius 3 is 2.56 bits per heavy atom. The van der Waals surface area contributed by atoms with Gasteiger partial charge < -0.3 is 19.8 Å². The number of aromatic amines is 2. The van der Waals surface area contributed by atoms with E-state index < -0.39 is 11.2 Å². The number of rotatable bonds is 9. The molecule has 186 valence electrons. The van der Waals surface area contributed by atoms with E-state index in [1.54, 1.807) is 29.9 Å². The van der Waals surface area contributed by atoms with Gasteiger partial charge in [0.2, 0.25) is 5.91 Å². The molecule has 0 aliphatic carbocycles. The number of aryl methyl sites for hydroxylation is 1. The van der Waals surface area contributed by atoms with E-state index in [-0.39, 0.29) is 18.1 Å². The maximum absolute atomic E-state index is 12.7. The van der Waals surface area contributed by atoms with Gasteiger partial charge in [0.05, 0.1) is 20.0 Å². The molecule has 3 N–H and O–H groups in total. The van der Waals surface area contributed by atoms with Gasteiger partial charge in [-0.15, -0.1) is 10.2 Å². The molecule has 2 aromatic heterocycles. The Balaban J connectivity index is 1.57. The zero-order chi connectivity index (χ0) is 25.7. The number of amides is 1. The minimum atomic E-state index is -0.597. The average molecular weight is 509 g/mol. The van der Waals surface area contributed by atoms with Crippen LogP contribution in [0.2, 0.25) is 0 Å². The monoisotopic (exact) mass is 508 g/mol. The Morgan fingerprint density at radius 1 is 1.03 bits per heavy atom. The number of thioether (sulfide) groups is 1. The molecular formula is C24H24N6O5S. The maximum atomic E-state index is 12.7. The standard InChI is InChI=1S/C24H24N6O5S/c1-14-5-4-6-17(9-14)30-20(11-16-12-21(31)27-23(33)26-16)28-29-24(30)36-13-22(32)25-15-7-8-18(34-2)19(10-15)35-3/h4-10,12H,11,13H2,1-3H3,(H,25,32)(H2,26,27,31,33). The molecule has 0 aliphatic rings. The summed E-state index contributed by atoms with van der Waals surface area (Å²) in [6, 6.07) is 14.1. The largest absolute Gasteiger partial charge is 0.493 e. The van der Waals surface area contributed by atoms with Gasteiger partial charge >= 0.3 is 5.69 Å². The lowest BCUT2D eigenvalue weighted by Gasteiger charge is -2.12. The Labute approximate surface area is 209 Å². The Kier molecular flexibility index (Phi) is 7.54. The van der Waals surface area contributed by atoms with Crippen LogP contribution in [0.3, 0.4) is 0 Å². The number of nitrogens with one attached hydrogen (secondary N) is 3. The van der Waals surface area contributed by atoms with E-state index in [0.29, 0.717) is 33.9 Å². The van der Waals surface area contributed by atoms with E-state index in [1.165, 1.54) is 24.9 Å². The number of carbonyl (C=O) groups excluding carboxylic acids is 1. The highest BCUT2D eigenvalue weighted by molar-refractivity contribution is 7.99. The third kappa shape index (κ3) is 5.84. The molecule has 0 unspecified atom stereocenters. The first-order valence-electron chi connectivity index (χ1n) is 10.8. The van der Waals surface area contributed by atoms with Crippen LogP contribution in [0.5, 0.6) is 11.5 Å². The number of nitrogens with zero attached hydrogens (tertiary/aromatic N) is 3. The molecule has 0 saturated carbocycles. The van der Waals surface area contributed by atoms with Crippen molar-refractivity contribution in [2.45, 2.75) is 18.5 Å². The lowest BCUT2D eigenvalue weighted by atomic mass is 10.2. The number of carbonyl (C=O) groups is 1. The van der Waals surface area contributed by atoms with E-state index in [1.807, 2.05) is 31.2 Å². The molecule has 0 atom stereocenters. The van der Waals surface area contributed by atoms with E-state index in [0.717, 1.165) is 11.3 Å². The summed E-state index contributed by atoms with van der Waals surface area (Å²) in [4.78, 5) is 40.9. The van der Waals surface area contributed by atoms with Crippen molar-refractivity contribution < 1.29 is 14.3 Å². The van der Waals surface area contributed by atoms with Crippen LogP contribution >= 0.6 is 11.8 Å². The fourth-order valence-corrected chi connectivity index (χ4v) is 4.33. The van der Waals surface area contributed by atoms with Crippen LogP contribution in [0.25, 0.3) is 5.69 Å². The molecular weight excluding hydrogens is 484 g/mol. The highest BCUT2D eigenvalue weighted by atomic mass is 32.2. The fraction of sp³-hybridized carbons (Fsp3) is 0.208. The fourth-order valence-electron chi connectivity index (χ4n) is 3.56. The van der Waals surface area contributed by atoms with Crippen molar-refractivity contribution in [3.63, 3.8) is 0 Å². The van der Waals surface area contributed by atoms with Crippen LogP contribution < -0.4 is 26.0 Å². The second-order valence-corrected chi connectivity index (χ2v) is 8.71. The first kappa shape index (κ1) is 24.8. The zero-order valence-electron chi connectivity index (χ0n) is 19.8. The van der Waals surface area contributed by atoms with Gasteiger partial charge in [-0.05, 0) is 36.8 Å². The van der Waals surface area contributed by atoms with Crippen molar-refractivity contribution in [3.05, 3.63) is 86.5 Å². The summed E-state index contributed by atoms with van der Waals surface area (Å²) in [6.07, 6.45) is 0.165. The quantitative estimate of drug-likeness (QED) is 0.292. The molecule has 0 bridgehead atoms. The molecule has 0 fully saturated rings. The molecule has 0 aliphatic heterocycles. The molecule has 2 heterocycles. The SMILES string of the molecule is COc1ccc(NC(=O)CSc2nnc(Cc3cc(=O)[nH]c(=O)[nH]3)n2-c2cccc(C)c2)cc1OC. The van der Waals surface area contributed by atoms with Gasteiger partial charge in [-0.25, -0.2) is 4.79 Å². The second-order valence-electron chi connectivity index (χ2n) is 7.77. The minimum absolute atomic E-state index is 0.0696. The molecule has 36 heavy (non-hydrogen) atoms. The predicted molar refractivity (Wildman–Crippen MR) is 135 cm³/mol. The second kappa shape index (κ2) is 11.0. The van der Waals surface area contributed by atoms with Crippen molar-refractivity contribution in [2.24, 2.45) is 0 Å². The third-order valence-electron chi connectivity index (χ3n) is 5.12. The summed E-state index contributed by atoms with van der Waals surface area (Å²) in [5.74, 6) is 1.39. The highest BCUT2D eigenvalue weighted by Gasteiger charge is 2.17. The van der Waals surface area contributed by atoms with E-state index in [2.05, 4.69) is 25.5 Å². The smallest absolute Gasteiger partial charge is 0.325 e. The number of methoxy groups -OCH3 is 2. The molecule has 0 saturated heterocycles. The van der Waals surface area contributed by atoms with Gasteiger partial charge in [0.15, 0.2) is 16.7 Å². The minimum Gasteiger partial charge on any atom is -0.493 e. The Bertz CT molecular complexity index is 1480. The van der Waals surface area contributed by atoms with Crippen molar-refractivity contribution in [2.75, 3.05) is 25.3 Å². The first-order valence-corrected chi connectivity index (χ1v) is 11.8. The van der Waals surface area contributed by atoms with Gasteiger partial charge in [0.25, 0.3) is 5.56 Å². The molecule has 1 amide bonds. The van der Waals surface area contributed by atoms with Gasteiger partial charge in [0, 0.05) is 35.6 Å².